The number of hydrogen-bond acceptors (Lipinski definition) is 2. The van der Waals surface area contributed by atoms with Crippen molar-refractivity contribution < 1.29 is 4.79 Å². The largest absolute Gasteiger partial charge is 0.271 e. The summed E-state index contributed by atoms with van der Waals surface area (Å²) < 4.78 is 0. The minimum Gasteiger partial charge on any atom is -0.267 e. The van der Waals surface area contributed by atoms with Crippen molar-refractivity contribution in [2.75, 3.05) is 0 Å². The third-order valence-corrected chi connectivity index (χ3v) is 2.54. The minimum absolute atomic E-state index is 0.265. The molecule has 0 radical (unpaired) electrons. The maximum atomic E-state index is 11.7. The molecule has 1 N–H and O–H groups in total. The summed E-state index contributed by atoms with van der Waals surface area (Å²) in [6.45, 7) is 0. The number of amides is 1. The second-order valence-electron chi connectivity index (χ2n) is 3.62. The summed E-state index contributed by atoms with van der Waals surface area (Å²) >= 11 is 5.74. The molecule has 0 saturated carbocycles. The van der Waals surface area contributed by atoms with Gasteiger partial charge in [0.25, 0.3) is 5.91 Å². The number of nitrogens with zero attached hydrogens (tertiary/aromatic N) is 1. The lowest BCUT2D eigenvalue weighted by Crippen LogP contribution is -2.17. The highest BCUT2D eigenvalue weighted by Gasteiger charge is 2.02. The summed E-state index contributed by atoms with van der Waals surface area (Å²) in [4.78, 5) is 11.7. The van der Waals surface area contributed by atoms with Crippen LogP contribution in [0.25, 0.3) is 0 Å². The molecule has 0 unspecified atom stereocenters. The van der Waals surface area contributed by atoms with Crippen LogP contribution in [0.5, 0.6) is 0 Å². The fourth-order valence-electron chi connectivity index (χ4n) is 1.37. The van der Waals surface area contributed by atoms with Gasteiger partial charge in [0.05, 0.1) is 6.21 Å². The van der Waals surface area contributed by atoms with Crippen molar-refractivity contribution in [3.8, 4) is 0 Å². The second-order valence-corrected chi connectivity index (χ2v) is 4.05. The molecule has 18 heavy (non-hydrogen) atoms. The van der Waals surface area contributed by atoms with E-state index < -0.39 is 0 Å². The number of halogens is 1. The molecule has 0 bridgehead atoms. The lowest BCUT2D eigenvalue weighted by atomic mass is 10.2. The summed E-state index contributed by atoms with van der Waals surface area (Å²) in [5.41, 5.74) is 3.90. The van der Waals surface area contributed by atoms with Crippen LogP contribution in [0.1, 0.15) is 15.9 Å². The molecule has 0 atom stereocenters. The van der Waals surface area contributed by atoms with E-state index in [9.17, 15) is 4.79 Å². The number of carbonyl (C=O) groups is 1. The van der Waals surface area contributed by atoms with Crippen LogP contribution in [-0.2, 0) is 0 Å². The van der Waals surface area contributed by atoms with E-state index in [4.69, 9.17) is 11.6 Å². The molecule has 3 nitrogen and oxygen atoms in total. The molecule has 90 valence electrons. The van der Waals surface area contributed by atoms with Crippen LogP contribution >= 0.6 is 11.6 Å². The molecule has 0 saturated heterocycles. The summed E-state index contributed by atoms with van der Waals surface area (Å²) in [5, 5.41) is 4.48. The molecule has 0 heterocycles. The van der Waals surface area contributed by atoms with E-state index in [1.54, 1.807) is 30.5 Å². The number of hydrogen-bond donors (Lipinski definition) is 1. The molecule has 0 fully saturated rings. The van der Waals surface area contributed by atoms with Gasteiger partial charge in [0.15, 0.2) is 0 Å². The fourth-order valence-corrected chi connectivity index (χ4v) is 1.50. The number of rotatable bonds is 3. The Morgan fingerprint density at radius 1 is 1.06 bits per heavy atom. The van der Waals surface area contributed by atoms with Gasteiger partial charge in [0, 0.05) is 10.6 Å². The second kappa shape index (κ2) is 5.98. The Hall–Kier alpha value is -2.13. The lowest BCUT2D eigenvalue weighted by Gasteiger charge is -1.99. The first-order valence-electron chi connectivity index (χ1n) is 5.40. The zero-order valence-electron chi connectivity index (χ0n) is 9.51. The van der Waals surface area contributed by atoms with Gasteiger partial charge in [-0.25, -0.2) is 5.43 Å². The molecule has 0 aliphatic rings. The van der Waals surface area contributed by atoms with Crippen molar-refractivity contribution in [1.29, 1.82) is 0 Å². The van der Waals surface area contributed by atoms with Gasteiger partial charge in [-0.3, -0.25) is 4.79 Å². The number of hydrazone groups is 1. The summed E-state index contributed by atoms with van der Waals surface area (Å²) in [5.74, 6) is -0.265. The van der Waals surface area contributed by atoms with Crippen molar-refractivity contribution in [3.05, 3.63) is 70.7 Å². The SMILES string of the molecule is O=C(NN=Cc1ccccc1)c1ccc(Cl)cc1. The van der Waals surface area contributed by atoms with Crippen LogP contribution in [0.3, 0.4) is 0 Å². The lowest BCUT2D eigenvalue weighted by molar-refractivity contribution is 0.0955. The number of carbonyl (C=O) groups excluding carboxylic acids is 1. The molecule has 0 spiro atoms. The Morgan fingerprint density at radius 3 is 2.39 bits per heavy atom. The molecule has 2 aromatic carbocycles. The van der Waals surface area contributed by atoms with Gasteiger partial charge in [-0.1, -0.05) is 41.9 Å². The molecule has 0 aromatic heterocycles. The van der Waals surface area contributed by atoms with E-state index in [1.807, 2.05) is 30.3 Å². The van der Waals surface area contributed by atoms with E-state index in [2.05, 4.69) is 10.5 Å². The maximum absolute atomic E-state index is 11.7. The molecular weight excluding hydrogens is 248 g/mol. The monoisotopic (exact) mass is 258 g/mol. The van der Waals surface area contributed by atoms with Gasteiger partial charge in [-0.05, 0) is 29.8 Å². The first kappa shape index (κ1) is 12.3. The highest BCUT2D eigenvalue weighted by molar-refractivity contribution is 6.30. The van der Waals surface area contributed by atoms with Crippen LogP contribution in [0, 0.1) is 0 Å². The Kier molecular flexibility index (Phi) is 4.10. The van der Waals surface area contributed by atoms with Gasteiger partial charge in [-0.2, -0.15) is 5.10 Å². The van der Waals surface area contributed by atoms with Crippen LogP contribution in [0.15, 0.2) is 59.7 Å². The first-order valence-corrected chi connectivity index (χ1v) is 5.77. The zero-order valence-corrected chi connectivity index (χ0v) is 10.3. The first-order chi connectivity index (χ1) is 8.75. The van der Waals surface area contributed by atoms with Crippen molar-refractivity contribution in [2.45, 2.75) is 0 Å². The summed E-state index contributed by atoms with van der Waals surface area (Å²) in [6.07, 6.45) is 1.59. The normalized spacial score (nSPS) is 10.5. The third-order valence-electron chi connectivity index (χ3n) is 2.29. The van der Waals surface area contributed by atoms with Gasteiger partial charge in [-0.15, -0.1) is 0 Å². The summed E-state index contributed by atoms with van der Waals surface area (Å²) in [7, 11) is 0. The standard InChI is InChI=1S/C14H11ClN2O/c15-13-8-6-12(7-9-13)14(18)17-16-10-11-4-2-1-3-5-11/h1-10H,(H,17,18). The molecule has 0 aliphatic heterocycles. The Bertz CT molecular complexity index is 550. The zero-order chi connectivity index (χ0) is 12.8. The van der Waals surface area contributed by atoms with Crippen LogP contribution in [0.4, 0.5) is 0 Å². The molecule has 2 aromatic rings. The van der Waals surface area contributed by atoms with Crippen molar-refractivity contribution in [1.82, 2.24) is 5.43 Å². The fraction of sp³-hybridized carbons (Fsp3) is 0. The number of benzene rings is 2. The Morgan fingerprint density at radius 2 is 1.72 bits per heavy atom. The van der Waals surface area contributed by atoms with E-state index in [0.29, 0.717) is 10.6 Å². The minimum atomic E-state index is -0.265. The van der Waals surface area contributed by atoms with Crippen LogP contribution < -0.4 is 5.43 Å². The van der Waals surface area contributed by atoms with E-state index in [1.165, 1.54) is 0 Å². The van der Waals surface area contributed by atoms with Gasteiger partial charge >= 0.3 is 0 Å². The Labute approximate surface area is 110 Å². The van der Waals surface area contributed by atoms with Gasteiger partial charge in [0.1, 0.15) is 0 Å². The van der Waals surface area contributed by atoms with Gasteiger partial charge in [0.2, 0.25) is 0 Å². The predicted molar refractivity (Wildman–Crippen MR) is 73.0 cm³/mol. The molecule has 1 amide bonds. The molecular formula is C14H11ClN2O. The third kappa shape index (κ3) is 3.43. The van der Waals surface area contributed by atoms with E-state index >= 15 is 0 Å². The predicted octanol–water partition coefficient (Wildman–Crippen LogP) is 3.10. The highest BCUT2D eigenvalue weighted by atomic mass is 35.5. The van der Waals surface area contributed by atoms with Crippen molar-refractivity contribution in [3.63, 3.8) is 0 Å². The maximum Gasteiger partial charge on any atom is 0.271 e. The average molecular weight is 259 g/mol. The number of nitrogens with one attached hydrogen (secondary N) is 1. The van der Waals surface area contributed by atoms with Crippen LogP contribution in [-0.4, -0.2) is 12.1 Å². The van der Waals surface area contributed by atoms with E-state index in [-0.39, 0.29) is 5.91 Å². The van der Waals surface area contributed by atoms with E-state index in [0.717, 1.165) is 5.56 Å². The average Bonchev–Trinajstić information content (AvgIpc) is 2.40. The van der Waals surface area contributed by atoms with Crippen LogP contribution in [0.2, 0.25) is 5.02 Å². The molecule has 4 heteroatoms. The topological polar surface area (TPSA) is 41.5 Å². The van der Waals surface area contributed by atoms with Gasteiger partial charge < -0.3 is 0 Å². The summed E-state index contributed by atoms with van der Waals surface area (Å²) in [6, 6.07) is 16.2. The smallest absolute Gasteiger partial charge is 0.267 e. The highest BCUT2D eigenvalue weighted by Crippen LogP contribution is 2.09. The molecule has 2 rings (SSSR count). The quantitative estimate of drug-likeness (QED) is 0.667. The van der Waals surface area contributed by atoms with Crippen molar-refractivity contribution in [2.24, 2.45) is 5.10 Å². The van der Waals surface area contributed by atoms with Crippen molar-refractivity contribution >= 4 is 23.7 Å². The molecule has 0 aliphatic carbocycles. The Balaban J connectivity index is 1.96.